The summed E-state index contributed by atoms with van der Waals surface area (Å²) in [5, 5.41) is 0. The molecule has 0 saturated carbocycles. The summed E-state index contributed by atoms with van der Waals surface area (Å²) in [6, 6.07) is -0.260. The molecule has 1 aliphatic rings. The number of ether oxygens (including phenoxy) is 1. The number of aromatic nitrogens is 4. The molecule has 2 aromatic rings. The minimum atomic E-state index is -5.56. The van der Waals surface area contributed by atoms with E-state index < -0.39 is 36.2 Å². The van der Waals surface area contributed by atoms with Crippen LogP contribution < -0.4 is 5.73 Å². The molecule has 2 unspecified atom stereocenters. The lowest BCUT2D eigenvalue weighted by Gasteiger charge is -2.17. The molecule has 16 nitrogen and oxygen atoms in total. The van der Waals surface area contributed by atoms with Crippen molar-refractivity contribution in [2.24, 2.45) is 0 Å². The van der Waals surface area contributed by atoms with E-state index in [1.807, 2.05) is 0 Å². The molecule has 3 rings (SSSR count). The highest BCUT2D eigenvalue weighted by molar-refractivity contribution is 7.66. The summed E-state index contributed by atoms with van der Waals surface area (Å²) >= 11 is 0. The number of hydrogen-bond donors (Lipinski definition) is 5. The van der Waals surface area contributed by atoms with Crippen molar-refractivity contribution < 1.29 is 51.2 Å². The minimum absolute atomic E-state index is 0.180. The van der Waals surface area contributed by atoms with Crippen LogP contribution in [0, 0.1) is 0 Å². The van der Waals surface area contributed by atoms with Crippen LogP contribution in [0.15, 0.2) is 12.7 Å². The zero-order valence-electron chi connectivity index (χ0n) is 14.3. The van der Waals surface area contributed by atoms with E-state index in [-0.39, 0.29) is 18.5 Å². The fourth-order valence-electron chi connectivity index (χ4n) is 2.61. The number of phosphoric ester groups is 1. The van der Waals surface area contributed by atoms with Crippen LogP contribution in [0.1, 0.15) is 12.5 Å². The van der Waals surface area contributed by atoms with Crippen molar-refractivity contribution in [1.82, 2.24) is 19.5 Å². The average Bonchev–Trinajstić information content (AvgIpc) is 3.16. The number of fused-ring (bicyclic) bond motifs is 1. The molecule has 1 saturated heterocycles. The lowest BCUT2D eigenvalue weighted by molar-refractivity contribution is 0.0529. The molecule has 0 amide bonds. The normalized spacial score (nSPS) is 24.4. The van der Waals surface area contributed by atoms with Gasteiger partial charge in [0, 0.05) is 0 Å². The van der Waals surface area contributed by atoms with Gasteiger partial charge in [-0.25, -0.2) is 28.6 Å². The van der Waals surface area contributed by atoms with Crippen LogP contribution in [0.3, 0.4) is 0 Å². The molecule has 1 aliphatic heterocycles. The van der Waals surface area contributed by atoms with Gasteiger partial charge < -0.3 is 34.6 Å². The number of nitrogens with zero attached hydrogens (tertiary/aromatic N) is 4. The highest BCUT2D eigenvalue weighted by atomic mass is 31.3. The van der Waals surface area contributed by atoms with Crippen molar-refractivity contribution in [1.29, 1.82) is 0 Å². The number of hydrogen-bond acceptors (Lipinski definition) is 11. The van der Waals surface area contributed by atoms with Gasteiger partial charge in [-0.1, -0.05) is 0 Å². The Hall–Kier alpha value is -1.28. The van der Waals surface area contributed by atoms with E-state index >= 15 is 0 Å². The van der Waals surface area contributed by atoms with E-state index in [4.69, 9.17) is 25.2 Å². The van der Waals surface area contributed by atoms with Crippen molar-refractivity contribution in [2.75, 3.05) is 18.9 Å². The molecule has 0 aliphatic carbocycles. The molecule has 0 spiro atoms. The molecule has 3 heterocycles. The molecule has 162 valence electrons. The van der Waals surface area contributed by atoms with Crippen LogP contribution in [-0.2, 0) is 31.6 Å². The van der Waals surface area contributed by atoms with Gasteiger partial charge >= 0.3 is 23.5 Å². The molecule has 6 N–H and O–H groups in total. The Morgan fingerprint density at radius 3 is 2.55 bits per heavy atom. The number of nitrogen functional groups attached to an aromatic ring is 1. The van der Waals surface area contributed by atoms with Gasteiger partial charge in [-0.3, -0.25) is 4.52 Å². The molecule has 19 heteroatoms. The first kappa shape index (κ1) is 22.4. The predicted molar refractivity (Wildman–Crippen MR) is 92.9 cm³/mol. The number of nitrogens with two attached hydrogens (primary N) is 1. The second kappa shape index (κ2) is 8.10. The number of rotatable bonds is 8. The highest BCUT2D eigenvalue weighted by Crippen LogP contribution is 2.66. The second-order valence-corrected chi connectivity index (χ2v) is 10.2. The molecule has 0 radical (unpaired) electrons. The maximum absolute atomic E-state index is 11.7. The first-order valence-corrected chi connectivity index (χ1v) is 12.2. The third kappa shape index (κ3) is 5.87. The molecule has 29 heavy (non-hydrogen) atoms. The topological polar surface area (TPSA) is 239 Å². The lowest BCUT2D eigenvalue weighted by atomic mass is 10.2. The van der Waals surface area contributed by atoms with E-state index in [0.29, 0.717) is 17.6 Å². The quantitative estimate of drug-likeness (QED) is 0.318. The van der Waals surface area contributed by atoms with Crippen LogP contribution in [0.4, 0.5) is 5.82 Å². The van der Waals surface area contributed by atoms with E-state index in [9.17, 15) is 18.6 Å². The standard InChI is InChI=1S/C10H16N5O11P3/c11-9-8-10(13-4-12-9)15(5-14-8)6-1-7(23-2-6)3-24-28(19,20)26-29(21,22)25-27(16,17)18/h4-7H,1-3H2,(H,19,20)(H,21,22)(H2,11,12,13)(H2,16,17,18)/t6-,7-/m1/s1. The van der Waals surface area contributed by atoms with Crippen LogP contribution in [0.5, 0.6) is 0 Å². The van der Waals surface area contributed by atoms with Crippen molar-refractivity contribution in [3.05, 3.63) is 12.7 Å². The molecule has 2 aromatic heterocycles. The highest BCUT2D eigenvalue weighted by Gasteiger charge is 2.41. The van der Waals surface area contributed by atoms with Crippen LogP contribution in [0.2, 0.25) is 0 Å². The van der Waals surface area contributed by atoms with Crippen LogP contribution >= 0.6 is 23.5 Å². The third-order valence-electron chi connectivity index (χ3n) is 3.68. The summed E-state index contributed by atoms with van der Waals surface area (Å²) in [6.45, 7) is -0.344. The smallest absolute Gasteiger partial charge is 0.382 e. The van der Waals surface area contributed by atoms with Gasteiger partial charge in [0.2, 0.25) is 0 Å². The minimum Gasteiger partial charge on any atom is -0.382 e. The van der Waals surface area contributed by atoms with Crippen LogP contribution in [-0.4, -0.2) is 58.4 Å². The Kier molecular flexibility index (Phi) is 6.26. The molecule has 0 aromatic carbocycles. The number of anilines is 1. The summed E-state index contributed by atoms with van der Waals surface area (Å²) in [5.74, 6) is 0.205. The zero-order chi connectivity index (χ0) is 21.4. The number of phosphoric acid groups is 3. The van der Waals surface area contributed by atoms with E-state index in [0.717, 1.165) is 0 Å². The summed E-state index contributed by atoms with van der Waals surface area (Å²) in [5.41, 5.74) is 6.61. The third-order valence-corrected chi connectivity index (χ3v) is 7.48. The summed E-state index contributed by atoms with van der Waals surface area (Å²) in [4.78, 5) is 47.6. The Bertz CT molecular complexity index is 1040. The molecule has 1 fully saturated rings. The van der Waals surface area contributed by atoms with E-state index in [1.54, 1.807) is 4.57 Å². The first-order chi connectivity index (χ1) is 13.4. The average molecular weight is 475 g/mol. The molecular formula is C10H16N5O11P3. The van der Waals surface area contributed by atoms with Crippen molar-refractivity contribution >= 4 is 40.4 Å². The predicted octanol–water partition coefficient (Wildman–Crippen LogP) is 0.0818. The Labute approximate surface area is 162 Å². The van der Waals surface area contributed by atoms with Crippen molar-refractivity contribution in [3.8, 4) is 0 Å². The van der Waals surface area contributed by atoms with Gasteiger partial charge in [-0.2, -0.15) is 8.62 Å². The lowest BCUT2D eigenvalue weighted by Crippen LogP contribution is -2.14. The SMILES string of the molecule is Nc1ncnc2c1ncn2[C@H]1CO[C@@H](COP(=O)(O)OP(=O)(O)OP(=O)(O)O)C1. The monoisotopic (exact) mass is 475 g/mol. The van der Waals surface area contributed by atoms with Crippen LogP contribution in [0.25, 0.3) is 11.2 Å². The van der Waals surface area contributed by atoms with Crippen molar-refractivity contribution in [2.45, 2.75) is 18.6 Å². The molecule has 0 bridgehead atoms. The largest absolute Gasteiger partial charge is 0.490 e. The maximum atomic E-state index is 11.7. The van der Waals surface area contributed by atoms with Gasteiger partial charge in [0.15, 0.2) is 11.5 Å². The summed E-state index contributed by atoms with van der Waals surface area (Å²) in [7, 11) is -16.2. The zero-order valence-corrected chi connectivity index (χ0v) is 17.0. The van der Waals surface area contributed by atoms with E-state index in [2.05, 4.69) is 28.1 Å². The fourth-order valence-corrected chi connectivity index (χ4v) is 5.66. The van der Waals surface area contributed by atoms with Gasteiger partial charge in [0.1, 0.15) is 11.8 Å². The second-order valence-electron chi connectivity index (χ2n) is 5.81. The Morgan fingerprint density at radius 2 is 1.86 bits per heavy atom. The van der Waals surface area contributed by atoms with Gasteiger partial charge in [-0.15, -0.1) is 0 Å². The van der Waals surface area contributed by atoms with Gasteiger partial charge in [0.05, 0.1) is 31.7 Å². The Balaban J connectivity index is 1.58. The summed E-state index contributed by atoms with van der Waals surface area (Å²) < 4.78 is 52.6. The van der Waals surface area contributed by atoms with Crippen molar-refractivity contribution in [3.63, 3.8) is 0 Å². The molecule has 4 atom stereocenters. The number of imidazole rings is 1. The van der Waals surface area contributed by atoms with E-state index in [1.165, 1.54) is 12.7 Å². The Morgan fingerprint density at radius 1 is 1.14 bits per heavy atom. The maximum Gasteiger partial charge on any atom is 0.490 e. The first-order valence-electron chi connectivity index (χ1n) is 7.68. The molecular weight excluding hydrogens is 459 g/mol. The fraction of sp³-hybridized carbons (Fsp3) is 0.500. The summed E-state index contributed by atoms with van der Waals surface area (Å²) in [6.07, 6.45) is 2.36. The van der Waals surface area contributed by atoms with Gasteiger partial charge in [-0.05, 0) is 6.42 Å². The van der Waals surface area contributed by atoms with Gasteiger partial charge in [0.25, 0.3) is 0 Å².